The minimum absolute atomic E-state index is 0.250. The Bertz CT molecular complexity index is 371. The van der Waals surface area contributed by atoms with Crippen LogP contribution in [0.1, 0.15) is 25.3 Å². The van der Waals surface area contributed by atoms with Crippen LogP contribution in [0.3, 0.4) is 0 Å². The average molecular weight is 269 g/mol. The van der Waals surface area contributed by atoms with Gasteiger partial charge < -0.3 is 14.8 Å². The molecule has 0 aliphatic carbocycles. The molecule has 1 unspecified atom stereocenters. The molecule has 3 nitrogen and oxygen atoms in total. The molecule has 4 heteroatoms. The molecule has 0 aromatic heterocycles. The molecule has 0 amide bonds. The number of ether oxygens (including phenoxy) is 2. The van der Waals surface area contributed by atoms with Gasteiger partial charge in [-0.25, -0.2) is 4.39 Å². The molecular weight excluding hydrogens is 245 g/mol. The fraction of sp³-hybridized carbons (Fsp3) is 0.600. The molecule has 1 aromatic rings. The van der Waals surface area contributed by atoms with Gasteiger partial charge in [-0.05, 0) is 37.4 Å². The topological polar surface area (TPSA) is 30.5 Å². The number of benzene rings is 1. The molecule has 0 spiro atoms. The Labute approximate surface area is 115 Å². The Balaban J connectivity index is 2.67. The third-order valence-electron chi connectivity index (χ3n) is 3.12. The molecule has 0 aliphatic heterocycles. The maximum absolute atomic E-state index is 14.1. The maximum atomic E-state index is 14.1. The van der Waals surface area contributed by atoms with Gasteiger partial charge in [0.15, 0.2) is 11.6 Å². The number of halogens is 1. The minimum Gasteiger partial charge on any atom is -0.494 e. The fourth-order valence-electron chi connectivity index (χ4n) is 2.18. The van der Waals surface area contributed by atoms with Crippen LogP contribution in [-0.2, 0) is 11.2 Å². The molecule has 0 saturated carbocycles. The van der Waals surface area contributed by atoms with Crippen molar-refractivity contribution in [3.05, 3.63) is 29.6 Å². The molecule has 0 fully saturated rings. The van der Waals surface area contributed by atoms with Crippen molar-refractivity contribution < 1.29 is 13.9 Å². The van der Waals surface area contributed by atoms with Gasteiger partial charge in [0.1, 0.15) is 0 Å². The van der Waals surface area contributed by atoms with Gasteiger partial charge in [-0.1, -0.05) is 19.1 Å². The highest BCUT2D eigenvalue weighted by Gasteiger charge is 2.14. The molecular formula is C15H24FNO2. The second-order valence-electron chi connectivity index (χ2n) is 4.53. The van der Waals surface area contributed by atoms with Crippen LogP contribution >= 0.6 is 0 Å². The van der Waals surface area contributed by atoms with E-state index in [4.69, 9.17) is 9.47 Å². The van der Waals surface area contributed by atoms with Gasteiger partial charge in [0, 0.05) is 19.8 Å². The number of hydrogen-bond donors (Lipinski definition) is 1. The number of nitrogens with one attached hydrogen (secondary N) is 1. The summed E-state index contributed by atoms with van der Waals surface area (Å²) in [5.41, 5.74) is 0.697. The average Bonchev–Trinajstić information content (AvgIpc) is 2.41. The summed E-state index contributed by atoms with van der Waals surface area (Å²) in [6, 6.07) is 5.56. The largest absolute Gasteiger partial charge is 0.494 e. The lowest BCUT2D eigenvalue weighted by Gasteiger charge is -2.18. The van der Waals surface area contributed by atoms with Crippen LogP contribution in [0.5, 0.6) is 5.75 Å². The van der Waals surface area contributed by atoms with Crippen molar-refractivity contribution in [2.45, 2.75) is 32.2 Å². The Kier molecular flexibility index (Phi) is 7.45. The number of rotatable bonds is 9. The first kappa shape index (κ1) is 15.9. The summed E-state index contributed by atoms with van der Waals surface area (Å²) in [5, 5.41) is 3.39. The van der Waals surface area contributed by atoms with Gasteiger partial charge in [0.05, 0.1) is 7.11 Å². The zero-order chi connectivity index (χ0) is 14.1. The number of likely N-dealkylation sites (N-methyl/N-ethyl adjacent to an activating group) is 1. The zero-order valence-electron chi connectivity index (χ0n) is 12.0. The fourth-order valence-corrected chi connectivity index (χ4v) is 2.18. The predicted octanol–water partition coefficient (Wildman–Crippen LogP) is 2.78. The van der Waals surface area contributed by atoms with E-state index in [0.717, 1.165) is 26.0 Å². The molecule has 0 aliphatic rings. The van der Waals surface area contributed by atoms with E-state index in [1.807, 2.05) is 12.1 Å². The van der Waals surface area contributed by atoms with Crippen LogP contribution in [0.15, 0.2) is 18.2 Å². The summed E-state index contributed by atoms with van der Waals surface area (Å²) < 4.78 is 24.2. The Hall–Kier alpha value is -1.13. The number of methoxy groups -OCH3 is 2. The van der Waals surface area contributed by atoms with Crippen molar-refractivity contribution in [1.82, 2.24) is 5.32 Å². The van der Waals surface area contributed by atoms with Crippen molar-refractivity contribution in [3.8, 4) is 5.75 Å². The van der Waals surface area contributed by atoms with E-state index < -0.39 is 0 Å². The minimum atomic E-state index is -0.250. The summed E-state index contributed by atoms with van der Waals surface area (Å²) in [6.45, 7) is 3.68. The van der Waals surface area contributed by atoms with E-state index in [9.17, 15) is 4.39 Å². The molecule has 0 heterocycles. The first-order valence-electron chi connectivity index (χ1n) is 6.76. The van der Waals surface area contributed by atoms with Crippen LogP contribution in [-0.4, -0.2) is 33.4 Å². The normalized spacial score (nSPS) is 12.4. The zero-order valence-corrected chi connectivity index (χ0v) is 12.0. The molecule has 0 saturated heterocycles. The SMILES string of the molecule is CCNC(CCCOC)Cc1cccc(OC)c1F. The van der Waals surface area contributed by atoms with Crippen molar-refractivity contribution in [3.63, 3.8) is 0 Å². The first-order chi connectivity index (χ1) is 9.22. The van der Waals surface area contributed by atoms with Gasteiger partial charge in [-0.2, -0.15) is 0 Å². The Morgan fingerprint density at radius 2 is 2.11 bits per heavy atom. The second kappa shape index (κ2) is 8.88. The lowest BCUT2D eigenvalue weighted by atomic mass is 10.0. The lowest BCUT2D eigenvalue weighted by Crippen LogP contribution is -2.31. The van der Waals surface area contributed by atoms with Gasteiger partial charge in [-0.15, -0.1) is 0 Å². The Morgan fingerprint density at radius 1 is 1.32 bits per heavy atom. The monoisotopic (exact) mass is 269 g/mol. The summed E-state index contributed by atoms with van der Waals surface area (Å²) >= 11 is 0. The smallest absolute Gasteiger partial charge is 0.168 e. The molecule has 108 valence electrons. The van der Waals surface area contributed by atoms with Crippen molar-refractivity contribution in [2.75, 3.05) is 27.4 Å². The van der Waals surface area contributed by atoms with E-state index in [1.165, 1.54) is 7.11 Å². The van der Waals surface area contributed by atoms with Gasteiger partial charge in [0.2, 0.25) is 0 Å². The summed E-state index contributed by atoms with van der Waals surface area (Å²) in [4.78, 5) is 0. The van der Waals surface area contributed by atoms with Crippen LogP contribution < -0.4 is 10.1 Å². The second-order valence-corrected chi connectivity index (χ2v) is 4.53. The quantitative estimate of drug-likeness (QED) is 0.699. The molecule has 0 bridgehead atoms. The first-order valence-corrected chi connectivity index (χ1v) is 6.76. The van der Waals surface area contributed by atoms with Crippen LogP contribution in [0, 0.1) is 5.82 Å². The summed E-state index contributed by atoms with van der Waals surface area (Å²) in [6.07, 6.45) is 2.61. The highest BCUT2D eigenvalue weighted by Crippen LogP contribution is 2.21. The van der Waals surface area contributed by atoms with E-state index in [1.54, 1.807) is 13.2 Å². The molecule has 1 rings (SSSR count). The van der Waals surface area contributed by atoms with Crippen LogP contribution in [0.25, 0.3) is 0 Å². The van der Waals surface area contributed by atoms with E-state index in [0.29, 0.717) is 17.7 Å². The van der Waals surface area contributed by atoms with Gasteiger partial charge >= 0.3 is 0 Å². The van der Waals surface area contributed by atoms with Crippen molar-refractivity contribution >= 4 is 0 Å². The van der Waals surface area contributed by atoms with Crippen molar-refractivity contribution in [1.29, 1.82) is 0 Å². The summed E-state index contributed by atoms with van der Waals surface area (Å²) in [7, 11) is 3.19. The predicted molar refractivity (Wildman–Crippen MR) is 75.2 cm³/mol. The molecule has 0 radical (unpaired) electrons. The maximum Gasteiger partial charge on any atom is 0.168 e. The number of hydrogen-bond acceptors (Lipinski definition) is 3. The third kappa shape index (κ3) is 5.17. The standard InChI is InChI=1S/C15H24FNO2/c1-4-17-13(8-6-10-18-2)11-12-7-5-9-14(19-3)15(12)16/h5,7,9,13,17H,4,6,8,10-11H2,1-3H3. The molecule has 1 atom stereocenters. The summed E-state index contributed by atoms with van der Waals surface area (Å²) in [5.74, 6) is 0.0595. The van der Waals surface area contributed by atoms with E-state index in [-0.39, 0.29) is 11.9 Å². The van der Waals surface area contributed by atoms with Crippen LogP contribution in [0.4, 0.5) is 4.39 Å². The molecule has 1 aromatic carbocycles. The Morgan fingerprint density at radius 3 is 2.74 bits per heavy atom. The van der Waals surface area contributed by atoms with Gasteiger partial charge in [-0.3, -0.25) is 0 Å². The highest BCUT2D eigenvalue weighted by molar-refractivity contribution is 5.31. The third-order valence-corrected chi connectivity index (χ3v) is 3.12. The molecule has 1 N–H and O–H groups in total. The highest BCUT2D eigenvalue weighted by atomic mass is 19.1. The van der Waals surface area contributed by atoms with E-state index >= 15 is 0 Å². The molecule has 19 heavy (non-hydrogen) atoms. The lowest BCUT2D eigenvalue weighted by molar-refractivity contribution is 0.188. The van der Waals surface area contributed by atoms with E-state index in [2.05, 4.69) is 12.2 Å². The van der Waals surface area contributed by atoms with Crippen molar-refractivity contribution in [2.24, 2.45) is 0 Å². The van der Waals surface area contributed by atoms with Gasteiger partial charge in [0.25, 0.3) is 0 Å². The van der Waals surface area contributed by atoms with Crippen LogP contribution in [0.2, 0.25) is 0 Å².